The van der Waals surface area contributed by atoms with E-state index in [4.69, 9.17) is 4.74 Å². The van der Waals surface area contributed by atoms with Crippen LogP contribution in [-0.4, -0.2) is 20.8 Å². The maximum atomic E-state index is 13.4. The molecule has 42 heavy (non-hydrogen) atoms. The maximum Gasteiger partial charge on any atom is 0.416 e. The third-order valence-corrected chi connectivity index (χ3v) is 7.65. The molecule has 13 heteroatoms. The number of nitro benzene ring substituents is 1. The molecule has 5 rings (SSSR count). The fourth-order valence-electron chi connectivity index (χ4n) is 4.08. The van der Waals surface area contributed by atoms with Gasteiger partial charge in [0, 0.05) is 17.7 Å². The molecule has 212 valence electrons. The Morgan fingerprint density at radius 3 is 2.40 bits per heavy atom. The molecule has 0 saturated carbocycles. The smallest absolute Gasteiger partial charge is 0.416 e. The first-order valence-electron chi connectivity index (χ1n) is 12.1. The minimum atomic E-state index is -4.58. The first-order chi connectivity index (χ1) is 20.0. The molecule has 4 aromatic carbocycles. The van der Waals surface area contributed by atoms with Gasteiger partial charge in [0.1, 0.15) is 12.4 Å². The molecule has 5 aromatic rings. The van der Waals surface area contributed by atoms with Crippen LogP contribution in [0.3, 0.4) is 0 Å². The number of nitro groups is 1. The topological polar surface area (TPSA) is 99.6 Å². The number of hydrogen-bond acceptors (Lipinski definition) is 6. The molecule has 0 bridgehead atoms. The fourth-order valence-corrected chi connectivity index (χ4v) is 6.21. The second-order valence-electron chi connectivity index (χ2n) is 8.92. The van der Waals surface area contributed by atoms with E-state index in [0.717, 1.165) is 16.8 Å². The highest BCUT2D eigenvalue weighted by Crippen LogP contribution is 2.32. The van der Waals surface area contributed by atoms with Gasteiger partial charge < -0.3 is 4.74 Å². The molecule has 0 fully saturated rings. The molecule has 0 unspecified atom stereocenters. The van der Waals surface area contributed by atoms with Gasteiger partial charge in [-0.05, 0) is 92.7 Å². The number of para-hydroxylation sites is 1. The third-order valence-electron chi connectivity index (χ3n) is 6.05. The highest BCUT2D eigenvalue weighted by molar-refractivity contribution is 14.1. The minimum Gasteiger partial charge on any atom is -0.487 e. The number of ether oxygens (including phenoxy) is 1. The monoisotopic (exact) mass is 796 g/mol. The quantitative estimate of drug-likeness (QED) is 0.0730. The molecule has 0 aliphatic heterocycles. The van der Waals surface area contributed by atoms with Crippen LogP contribution in [0.25, 0.3) is 22.3 Å². The van der Waals surface area contributed by atoms with Crippen LogP contribution in [0.5, 0.6) is 5.75 Å². The predicted molar refractivity (Wildman–Crippen MR) is 169 cm³/mol. The Balaban J connectivity index is 1.50. The molecule has 0 atom stereocenters. The van der Waals surface area contributed by atoms with Crippen molar-refractivity contribution in [3.05, 3.63) is 129 Å². The van der Waals surface area contributed by atoms with Gasteiger partial charge in [-0.25, -0.2) is 4.98 Å². The Bertz CT molecular complexity index is 1900. The number of hydrogen-bond donors (Lipinski definition) is 0. The van der Waals surface area contributed by atoms with Crippen molar-refractivity contribution >= 4 is 68.0 Å². The normalized spacial score (nSPS) is 11.7. The highest BCUT2D eigenvalue weighted by atomic mass is 127. The van der Waals surface area contributed by atoms with Crippen LogP contribution in [0.4, 0.5) is 18.9 Å². The van der Waals surface area contributed by atoms with Crippen LogP contribution >= 0.6 is 45.2 Å². The number of benzene rings is 4. The number of alkyl halides is 3. The summed E-state index contributed by atoms with van der Waals surface area (Å²) in [4.78, 5) is 28.5. The van der Waals surface area contributed by atoms with Crippen molar-refractivity contribution in [1.29, 1.82) is 0 Å². The summed E-state index contributed by atoms with van der Waals surface area (Å²) in [6, 6.07) is 20.8. The molecule has 1 heterocycles. The number of fused-ring (bicyclic) bond motifs is 1. The van der Waals surface area contributed by atoms with Crippen LogP contribution < -0.4 is 10.3 Å². The first-order valence-corrected chi connectivity index (χ1v) is 14.3. The molecule has 1 aromatic heterocycles. The van der Waals surface area contributed by atoms with Gasteiger partial charge in [-0.1, -0.05) is 36.4 Å². The lowest BCUT2D eigenvalue weighted by atomic mass is 10.1. The zero-order chi connectivity index (χ0) is 30.0. The lowest BCUT2D eigenvalue weighted by Crippen LogP contribution is -2.20. The van der Waals surface area contributed by atoms with Gasteiger partial charge in [0.25, 0.3) is 11.2 Å². The molecule has 0 aliphatic carbocycles. The van der Waals surface area contributed by atoms with Gasteiger partial charge in [0.05, 0.1) is 34.7 Å². The van der Waals surface area contributed by atoms with E-state index in [9.17, 15) is 28.1 Å². The van der Waals surface area contributed by atoms with Crippen molar-refractivity contribution in [2.45, 2.75) is 12.8 Å². The zero-order valence-corrected chi connectivity index (χ0v) is 25.5. The van der Waals surface area contributed by atoms with E-state index in [-0.39, 0.29) is 29.1 Å². The Kier molecular flexibility index (Phi) is 8.58. The standard InChI is InChI=1S/C29H17F3I2N4O4/c30-29(31,32)20-7-4-6-19(14-20)27-36-25-10-2-1-9-22(25)28(39)37(27)35-15-18-12-23(33)26(24(34)13-18)42-16-17-5-3-8-21(11-17)38(40)41/h1-15H,16H2. The van der Waals surface area contributed by atoms with Crippen molar-refractivity contribution in [3.63, 3.8) is 0 Å². The van der Waals surface area contributed by atoms with Crippen molar-refractivity contribution in [3.8, 4) is 17.1 Å². The van der Waals surface area contributed by atoms with Gasteiger partial charge >= 0.3 is 6.18 Å². The minimum absolute atomic E-state index is 0.0324. The molecule has 0 N–H and O–H groups in total. The molecule has 0 spiro atoms. The van der Waals surface area contributed by atoms with E-state index in [1.165, 1.54) is 30.5 Å². The van der Waals surface area contributed by atoms with E-state index in [2.05, 4.69) is 55.3 Å². The van der Waals surface area contributed by atoms with Crippen LogP contribution in [0.15, 0.2) is 94.8 Å². The Morgan fingerprint density at radius 2 is 1.69 bits per heavy atom. The molecule has 0 aliphatic rings. The van der Waals surface area contributed by atoms with Crippen molar-refractivity contribution < 1.29 is 22.8 Å². The third kappa shape index (κ3) is 6.46. The van der Waals surface area contributed by atoms with Crippen LogP contribution in [-0.2, 0) is 12.8 Å². The lowest BCUT2D eigenvalue weighted by molar-refractivity contribution is -0.384. The van der Waals surface area contributed by atoms with E-state index >= 15 is 0 Å². The van der Waals surface area contributed by atoms with E-state index in [1.807, 2.05) is 0 Å². The maximum absolute atomic E-state index is 13.4. The molecule has 0 amide bonds. The second-order valence-corrected chi connectivity index (χ2v) is 11.2. The summed E-state index contributed by atoms with van der Waals surface area (Å²) in [5, 5.41) is 15.7. The average molecular weight is 796 g/mol. The molecule has 8 nitrogen and oxygen atoms in total. The molecule has 0 radical (unpaired) electrons. The van der Waals surface area contributed by atoms with Gasteiger partial charge in [0.2, 0.25) is 0 Å². The van der Waals surface area contributed by atoms with Crippen molar-refractivity contribution in [1.82, 2.24) is 9.66 Å². The molecular weight excluding hydrogens is 779 g/mol. The Morgan fingerprint density at radius 1 is 0.976 bits per heavy atom. The summed E-state index contributed by atoms with van der Waals surface area (Å²) in [5.74, 6) is 0.524. The Labute approximate surface area is 263 Å². The van der Waals surface area contributed by atoms with Gasteiger partial charge in [0.15, 0.2) is 5.82 Å². The largest absolute Gasteiger partial charge is 0.487 e. The summed E-state index contributed by atoms with van der Waals surface area (Å²) in [6.45, 7) is 0.111. The Hall–Kier alpha value is -3.86. The SMILES string of the molecule is O=c1c2ccccc2nc(-c2cccc(C(F)(F)F)c2)n1N=Cc1cc(I)c(OCc2cccc([N+](=O)[O-])c2)c(I)c1. The van der Waals surface area contributed by atoms with Gasteiger partial charge in [-0.3, -0.25) is 14.9 Å². The number of nitrogens with zero attached hydrogens (tertiary/aromatic N) is 4. The van der Waals surface area contributed by atoms with E-state index in [0.29, 0.717) is 29.5 Å². The number of halogens is 5. The first kappa shape index (κ1) is 29.6. The van der Waals surface area contributed by atoms with E-state index < -0.39 is 22.2 Å². The van der Waals surface area contributed by atoms with E-state index in [1.54, 1.807) is 48.5 Å². The van der Waals surface area contributed by atoms with Crippen molar-refractivity contribution in [2.24, 2.45) is 5.10 Å². The van der Waals surface area contributed by atoms with Crippen LogP contribution in [0.2, 0.25) is 0 Å². The number of non-ortho nitro benzene ring substituents is 1. The van der Waals surface area contributed by atoms with Gasteiger partial charge in [-0.15, -0.1) is 0 Å². The predicted octanol–water partition coefficient (Wildman–Crippen LogP) is 7.66. The summed E-state index contributed by atoms with van der Waals surface area (Å²) in [7, 11) is 0. The summed E-state index contributed by atoms with van der Waals surface area (Å²) in [6.07, 6.45) is -3.16. The van der Waals surface area contributed by atoms with Crippen LogP contribution in [0.1, 0.15) is 16.7 Å². The zero-order valence-electron chi connectivity index (χ0n) is 21.2. The summed E-state index contributed by atoms with van der Waals surface area (Å²) < 4.78 is 48.7. The average Bonchev–Trinajstić information content (AvgIpc) is 2.96. The van der Waals surface area contributed by atoms with Crippen LogP contribution in [0, 0.1) is 17.3 Å². The molecular formula is C29H17F3I2N4O4. The summed E-state index contributed by atoms with van der Waals surface area (Å²) in [5.41, 5.74) is 0.200. The van der Waals surface area contributed by atoms with Gasteiger partial charge in [-0.2, -0.15) is 22.9 Å². The molecule has 0 saturated heterocycles. The summed E-state index contributed by atoms with van der Waals surface area (Å²) >= 11 is 4.17. The highest BCUT2D eigenvalue weighted by Gasteiger charge is 2.31. The second kappa shape index (κ2) is 12.2. The number of aromatic nitrogens is 2. The lowest BCUT2D eigenvalue weighted by Gasteiger charge is -2.13. The number of rotatable bonds is 7. The fraction of sp³-hybridized carbons (Fsp3) is 0.0690. The van der Waals surface area contributed by atoms with Crippen molar-refractivity contribution in [2.75, 3.05) is 0 Å².